The number of halogens is 4. The number of aromatic nitrogens is 1. The van der Waals surface area contributed by atoms with Crippen LogP contribution in [0.25, 0.3) is 0 Å². The highest BCUT2D eigenvalue weighted by molar-refractivity contribution is 7.95. The van der Waals surface area contributed by atoms with E-state index in [-0.39, 0.29) is 16.6 Å². The molecule has 5 nitrogen and oxygen atoms in total. The molecule has 0 saturated heterocycles. The third-order valence-corrected chi connectivity index (χ3v) is 6.83. The Kier molecular flexibility index (Phi) is 5.73. The Balaban J connectivity index is 1.64. The first-order chi connectivity index (χ1) is 13.5. The summed E-state index contributed by atoms with van der Waals surface area (Å²) in [6, 6.07) is 6.28. The van der Waals surface area contributed by atoms with Crippen LogP contribution in [0.3, 0.4) is 0 Å². The van der Waals surface area contributed by atoms with Crippen LogP contribution in [0.1, 0.15) is 28.9 Å². The predicted octanol–water partition coefficient (Wildman–Crippen LogP) is 4.25. The second-order valence-corrected chi connectivity index (χ2v) is 9.13. The van der Waals surface area contributed by atoms with E-state index in [1.807, 2.05) is 0 Å². The van der Waals surface area contributed by atoms with Crippen molar-refractivity contribution in [3.8, 4) is 0 Å². The lowest BCUT2D eigenvalue weighted by molar-refractivity contribution is -0.137. The Morgan fingerprint density at radius 1 is 1.21 bits per heavy atom. The fourth-order valence-corrected chi connectivity index (χ4v) is 4.56. The SMILES string of the molecule is C=C(C1CC(NC(=O)c2ccc(Cl)cn2)C1)S(=O)(=O)c1cccc(C(F)(F)F)c1. The number of allylic oxidation sites excluding steroid dienone is 1. The molecule has 0 atom stereocenters. The molecule has 1 saturated carbocycles. The molecule has 1 aliphatic rings. The molecule has 10 heteroatoms. The Morgan fingerprint density at radius 3 is 2.48 bits per heavy atom. The molecule has 1 fully saturated rings. The Morgan fingerprint density at radius 2 is 1.90 bits per heavy atom. The molecule has 0 aliphatic heterocycles. The topological polar surface area (TPSA) is 76.1 Å². The van der Waals surface area contributed by atoms with E-state index < -0.39 is 38.3 Å². The number of nitrogens with one attached hydrogen (secondary N) is 1. The summed E-state index contributed by atoms with van der Waals surface area (Å²) in [5, 5.41) is 3.12. The molecular formula is C19H16ClF3N2O3S. The molecule has 0 unspecified atom stereocenters. The number of amides is 1. The normalized spacial score (nSPS) is 19.3. The van der Waals surface area contributed by atoms with Crippen molar-refractivity contribution in [3.05, 3.63) is 70.4 Å². The monoisotopic (exact) mass is 444 g/mol. The van der Waals surface area contributed by atoms with Gasteiger partial charge in [0.15, 0.2) is 0 Å². The molecule has 29 heavy (non-hydrogen) atoms. The zero-order valence-electron chi connectivity index (χ0n) is 14.9. The van der Waals surface area contributed by atoms with E-state index in [1.54, 1.807) is 0 Å². The molecule has 0 radical (unpaired) electrons. The molecule has 1 aromatic heterocycles. The molecule has 1 aliphatic carbocycles. The number of hydrogen-bond acceptors (Lipinski definition) is 4. The minimum Gasteiger partial charge on any atom is -0.348 e. The lowest BCUT2D eigenvalue weighted by Crippen LogP contribution is -2.45. The van der Waals surface area contributed by atoms with Gasteiger partial charge in [0.1, 0.15) is 5.69 Å². The number of nitrogens with zero attached hydrogens (tertiary/aromatic N) is 1. The molecule has 154 valence electrons. The van der Waals surface area contributed by atoms with Crippen LogP contribution >= 0.6 is 11.6 Å². The molecule has 1 aromatic carbocycles. The van der Waals surface area contributed by atoms with Gasteiger partial charge in [0.25, 0.3) is 5.91 Å². The highest BCUT2D eigenvalue weighted by Gasteiger charge is 2.38. The molecule has 1 heterocycles. The van der Waals surface area contributed by atoms with Gasteiger partial charge in [-0.25, -0.2) is 13.4 Å². The van der Waals surface area contributed by atoms with Gasteiger partial charge < -0.3 is 5.32 Å². The average molecular weight is 445 g/mol. The summed E-state index contributed by atoms with van der Waals surface area (Å²) in [5.74, 6) is -0.880. The maximum Gasteiger partial charge on any atom is 0.416 e. The molecule has 1 N–H and O–H groups in total. The highest BCUT2D eigenvalue weighted by atomic mass is 35.5. The van der Waals surface area contributed by atoms with Crippen LogP contribution in [0.15, 0.2) is 59.0 Å². The summed E-state index contributed by atoms with van der Waals surface area (Å²) in [6.45, 7) is 3.59. The zero-order valence-corrected chi connectivity index (χ0v) is 16.5. The number of sulfone groups is 1. The number of rotatable bonds is 5. The van der Waals surface area contributed by atoms with Crippen LogP contribution in [0.5, 0.6) is 0 Å². The van der Waals surface area contributed by atoms with Crippen LogP contribution in [-0.2, 0) is 16.0 Å². The summed E-state index contributed by atoms with van der Waals surface area (Å²) >= 11 is 5.72. The van der Waals surface area contributed by atoms with Gasteiger partial charge in [0.05, 0.1) is 15.5 Å². The van der Waals surface area contributed by atoms with Crippen LogP contribution in [0.2, 0.25) is 5.02 Å². The van der Waals surface area contributed by atoms with Crippen molar-refractivity contribution in [1.82, 2.24) is 10.3 Å². The van der Waals surface area contributed by atoms with Gasteiger partial charge >= 0.3 is 6.18 Å². The summed E-state index contributed by atoms with van der Waals surface area (Å²) in [7, 11) is -4.12. The van der Waals surface area contributed by atoms with Crippen molar-refractivity contribution in [2.75, 3.05) is 0 Å². The molecule has 0 spiro atoms. The van der Waals surface area contributed by atoms with Crippen molar-refractivity contribution in [2.45, 2.75) is 30.0 Å². The van der Waals surface area contributed by atoms with Gasteiger partial charge in [-0.15, -0.1) is 0 Å². The maximum atomic E-state index is 12.9. The first-order valence-electron chi connectivity index (χ1n) is 8.52. The van der Waals surface area contributed by atoms with E-state index in [0.29, 0.717) is 23.9 Å². The Hall–Kier alpha value is -2.39. The Labute approximate surface area is 170 Å². The van der Waals surface area contributed by atoms with Gasteiger partial charge in [0.2, 0.25) is 9.84 Å². The fourth-order valence-electron chi connectivity index (χ4n) is 2.98. The zero-order chi connectivity index (χ0) is 21.4. The van der Waals surface area contributed by atoms with Gasteiger partial charge in [-0.1, -0.05) is 24.2 Å². The first-order valence-corrected chi connectivity index (χ1v) is 10.4. The number of pyridine rings is 1. The molecule has 3 rings (SSSR count). The molecule has 0 bridgehead atoms. The molecular weight excluding hydrogens is 429 g/mol. The van der Waals surface area contributed by atoms with E-state index in [4.69, 9.17) is 11.6 Å². The van der Waals surface area contributed by atoms with E-state index in [9.17, 15) is 26.4 Å². The van der Waals surface area contributed by atoms with Crippen LogP contribution in [-0.4, -0.2) is 25.4 Å². The smallest absolute Gasteiger partial charge is 0.348 e. The van der Waals surface area contributed by atoms with Crippen LogP contribution in [0, 0.1) is 5.92 Å². The largest absolute Gasteiger partial charge is 0.416 e. The average Bonchev–Trinajstić information content (AvgIpc) is 2.63. The van der Waals surface area contributed by atoms with Gasteiger partial charge in [-0.05, 0) is 49.1 Å². The summed E-state index contributed by atoms with van der Waals surface area (Å²) in [4.78, 5) is 15.4. The second kappa shape index (κ2) is 7.79. The van der Waals surface area contributed by atoms with Crippen molar-refractivity contribution >= 4 is 27.3 Å². The second-order valence-electron chi connectivity index (χ2n) is 6.70. The predicted molar refractivity (Wildman–Crippen MR) is 101 cm³/mol. The maximum absolute atomic E-state index is 12.9. The molecule has 2 aromatic rings. The Bertz CT molecular complexity index is 1050. The fraction of sp³-hybridized carbons (Fsp3) is 0.263. The summed E-state index contributed by atoms with van der Waals surface area (Å²) in [5.41, 5.74) is -0.867. The van der Waals surface area contributed by atoms with Crippen molar-refractivity contribution in [1.29, 1.82) is 0 Å². The standard InChI is InChI=1S/C19H16ClF3N2O3S/c1-11(29(27,28)16-4-2-3-13(9-16)19(21,22)23)12-7-15(8-12)25-18(26)17-6-5-14(20)10-24-17/h2-6,9-10,12,15H,1,7-8H2,(H,25,26). The van der Waals surface area contributed by atoms with E-state index in [0.717, 1.165) is 18.2 Å². The van der Waals surface area contributed by atoms with Gasteiger partial charge in [0, 0.05) is 17.1 Å². The lowest BCUT2D eigenvalue weighted by atomic mass is 9.80. The first kappa shape index (κ1) is 21.3. The van der Waals surface area contributed by atoms with E-state index >= 15 is 0 Å². The molecule has 1 amide bonds. The lowest BCUT2D eigenvalue weighted by Gasteiger charge is -2.36. The minimum absolute atomic E-state index is 0.160. The summed E-state index contributed by atoms with van der Waals surface area (Å²) in [6.07, 6.45) is -2.68. The van der Waals surface area contributed by atoms with Crippen LogP contribution in [0.4, 0.5) is 13.2 Å². The number of carbonyl (C=O) groups is 1. The van der Waals surface area contributed by atoms with Gasteiger partial charge in [-0.3, -0.25) is 4.79 Å². The van der Waals surface area contributed by atoms with E-state index in [1.165, 1.54) is 18.3 Å². The number of alkyl halides is 3. The number of benzene rings is 1. The summed E-state index contributed by atoms with van der Waals surface area (Å²) < 4.78 is 63.9. The van der Waals surface area contributed by atoms with Crippen molar-refractivity contribution < 1.29 is 26.4 Å². The third kappa shape index (κ3) is 4.62. The highest BCUT2D eigenvalue weighted by Crippen LogP contribution is 2.39. The third-order valence-electron chi connectivity index (χ3n) is 4.71. The van der Waals surface area contributed by atoms with E-state index in [2.05, 4.69) is 16.9 Å². The van der Waals surface area contributed by atoms with Crippen LogP contribution < -0.4 is 5.32 Å². The van der Waals surface area contributed by atoms with Crippen molar-refractivity contribution in [3.63, 3.8) is 0 Å². The minimum atomic E-state index is -4.64. The number of hydrogen-bond donors (Lipinski definition) is 1. The van der Waals surface area contributed by atoms with Gasteiger partial charge in [-0.2, -0.15) is 13.2 Å². The van der Waals surface area contributed by atoms with Crippen molar-refractivity contribution in [2.24, 2.45) is 5.92 Å². The quantitative estimate of drug-likeness (QED) is 0.748. The number of carbonyl (C=O) groups excluding carboxylic acids is 1.